The van der Waals surface area contributed by atoms with Gasteiger partial charge in [-0.15, -0.1) is 0 Å². The number of nitrogens with zero attached hydrogens (tertiary/aromatic N) is 1. The van der Waals surface area contributed by atoms with Crippen molar-refractivity contribution in [2.24, 2.45) is 0 Å². The molecule has 0 bridgehead atoms. The SMILES string of the molecule is [C-]#[N+]C(C[C@@H](C)O)c1ccccc1. The summed E-state index contributed by atoms with van der Waals surface area (Å²) < 4.78 is 0. The number of aliphatic hydroxyl groups excluding tert-OH is 1. The predicted octanol–water partition coefficient (Wildman–Crippen LogP) is 2.42. The summed E-state index contributed by atoms with van der Waals surface area (Å²) in [5.41, 5.74) is 0.985. The Kier molecular flexibility index (Phi) is 3.48. The van der Waals surface area contributed by atoms with Crippen LogP contribution in [0.1, 0.15) is 24.9 Å². The highest BCUT2D eigenvalue weighted by Gasteiger charge is 2.17. The Balaban J connectivity index is 2.75. The van der Waals surface area contributed by atoms with Gasteiger partial charge in [-0.25, -0.2) is 6.57 Å². The fourth-order valence-electron chi connectivity index (χ4n) is 1.26. The Morgan fingerprint density at radius 2 is 2.00 bits per heavy atom. The molecule has 68 valence electrons. The van der Waals surface area contributed by atoms with Gasteiger partial charge in [0.25, 0.3) is 6.04 Å². The van der Waals surface area contributed by atoms with Gasteiger partial charge in [0.05, 0.1) is 12.5 Å². The van der Waals surface area contributed by atoms with Crippen molar-refractivity contribution in [2.75, 3.05) is 0 Å². The zero-order chi connectivity index (χ0) is 9.68. The smallest absolute Gasteiger partial charge is 0.251 e. The molecule has 1 aromatic rings. The van der Waals surface area contributed by atoms with Gasteiger partial charge in [-0.2, -0.15) is 0 Å². The van der Waals surface area contributed by atoms with Gasteiger partial charge in [0.2, 0.25) is 0 Å². The second-order valence-electron chi connectivity index (χ2n) is 3.14. The summed E-state index contributed by atoms with van der Waals surface area (Å²) in [6.07, 6.45) is 0.0901. The van der Waals surface area contributed by atoms with E-state index in [1.807, 2.05) is 30.3 Å². The van der Waals surface area contributed by atoms with Crippen LogP contribution in [0.5, 0.6) is 0 Å². The summed E-state index contributed by atoms with van der Waals surface area (Å²) >= 11 is 0. The van der Waals surface area contributed by atoms with E-state index in [9.17, 15) is 5.11 Å². The third-order valence-electron chi connectivity index (χ3n) is 1.90. The molecule has 0 amide bonds. The van der Waals surface area contributed by atoms with E-state index in [1.54, 1.807) is 6.92 Å². The average molecular weight is 175 g/mol. The first kappa shape index (κ1) is 9.76. The van der Waals surface area contributed by atoms with Crippen molar-refractivity contribution in [3.8, 4) is 0 Å². The maximum atomic E-state index is 9.17. The highest BCUT2D eigenvalue weighted by Crippen LogP contribution is 2.22. The fraction of sp³-hybridized carbons (Fsp3) is 0.364. The van der Waals surface area contributed by atoms with Crippen LogP contribution in [-0.2, 0) is 0 Å². The topological polar surface area (TPSA) is 24.6 Å². The molecule has 0 aliphatic rings. The lowest BCUT2D eigenvalue weighted by molar-refractivity contribution is 0.179. The molecule has 0 fully saturated rings. The van der Waals surface area contributed by atoms with Gasteiger partial charge < -0.3 is 9.95 Å². The first-order valence-electron chi connectivity index (χ1n) is 4.33. The number of hydrogen-bond donors (Lipinski definition) is 1. The highest BCUT2D eigenvalue weighted by molar-refractivity contribution is 5.21. The average Bonchev–Trinajstić information content (AvgIpc) is 2.15. The molecule has 0 aliphatic carbocycles. The first-order valence-corrected chi connectivity index (χ1v) is 4.33. The van der Waals surface area contributed by atoms with Crippen LogP contribution in [0.2, 0.25) is 0 Å². The molecule has 1 N–H and O–H groups in total. The molecule has 0 spiro atoms. The van der Waals surface area contributed by atoms with Gasteiger partial charge in [0, 0.05) is 5.56 Å². The Labute approximate surface area is 78.7 Å². The van der Waals surface area contributed by atoms with Crippen molar-refractivity contribution < 1.29 is 5.11 Å². The summed E-state index contributed by atoms with van der Waals surface area (Å²) in [5, 5.41) is 9.17. The number of aliphatic hydroxyl groups is 1. The van der Waals surface area contributed by atoms with E-state index in [0.29, 0.717) is 6.42 Å². The molecule has 2 nitrogen and oxygen atoms in total. The zero-order valence-electron chi connectivity index (χ0n) is 7.64. The van der Waals surface area contributed by atoms with Gasteiger partial charge in [-0.3, -0.25) is 0 Å². The van der Waals surface area contributed by atoms with E-state index in [2.05, 4.69) is 4.85 Å². The number of rotatable bonds is 3. The molecule has 13 heavy (non-hydrogen) atoms. The highest BCUT2D eigenvalue weighted by atomic mass is 16.3. The van der Waals surface area contributed by atoms with Crippen LogP contribution in [0, 0.1) is 6.57 Å². The van der Waals surface area contributed by atoms with Crippen molar-refractivity contribution in [1.82, 2.24) is 0 Å². The monoisotopic (exact) mass is 175 g/mol. The first-order chi connectivity index (χ1) is 6.24. The van der Waals surface area contributed by atoms with Gasteiger partial charge in [0.1, 0.15) is 0 Å². The molecule has 1 unspecified atom stereocenters. The Morgan fingerprint density at radius 1 is 1.38 bits per heavy atom. The van der Waals surface area contributed by atoms with Crippen LogP contribution in [0.15, 0.2) is 30.3 Å². The fourth-order valence-corrected chi connectivity index (χ4v) is 1.26. The van der Waals surface area contributed by atoms with Crippen LogP contribution >= 0.6 is 0 Å². The molecular formula is C11H13NO. The normalized spacial score (nSPS) is 14.5. The minimum atomic E-state index is -0.417. The van der Waals surface area contributed by atoms with Crippen LogP contribution in [-0.4, -0.2) is 11.2 Å². The van der Waals surface area contributed by atoms with Crippen molar-refractivity contribution in [1.29, 1.82) is 0 Å². The van der Waals surface area contributed by atoms with Crippen molar-refractivity contribution >= 4 is 0 Å². The summed E-state index contributed by atoms with van der Waals surface area (Å²) in [6, 6.07) is 9.38. The third kappa shape index (κ3) is 2.89. The van der Waals surface area contributed by atoms with Crippen molar-refractivity contribution in [3.05, 3.63) is 47.3 Å². The molecular weight excluding hydrogens is 162 g/mol. The lowest BCUT2D eigenvalue weighted by atomic mass is 10.0. The van der Waals surface area contributed by atoms with Crippen LogP contribution in [0.4, 0.5) is 0 Å². The van der Waals surface area contributed by atoms with E-state index in [1.165, 1.54) is 0 Å². The predicted molar refractivity (Wildman–Crippen MR) is 52.1 cm³/mol. The molecule has 0 saturated carbocycles. The molecule has 1 aromatic carbocycles. The molecule has 0 radical (unpaired) electrons. The molecule has 2 heteroatoms. The van der Waals surface area contributed by atoms with Crippen molar-refractivity contribution in [3.63, 3.8) is 0 Å². The summed E-state index contributed by atoms with van der Waals surface area (Å²) in [4.78, 5) is 3.49. The quantitative estimate of drug-likeness (QED) is 0.701. The zero-order valence-corrected chi connectivity index (χ0v) is 7.64. The third-order valence-corrected chi connectivity index (χ3v) is 1.90. The molecule has 2 atom stereocenters. The largest absolute Gasteiger partial charge is 0.393 e. The van der Waals surface area contributed by atoms with E-state index < -0.39 is 6.10 Å². The summed E-state index contributed by atoms with van der Waals surface area (Å²) in [7, 11) is 0. The van der Waals surface area contributed by atoms with Gasteiger partial charge in [-0.05, 0) is 6.92 Å². The van der Waals surface area contributed by atoms with Crippen molar-refractivity contribution in [2.45, 2.75) is 25.5 Å². The van der Waals surface area contributed by atoms with Gasteiger partial charge >= 0.3 is 0 Å². The lowest BCUT2D eigenvalue weighted by Gasteiger charge is -2.07. The van der Waals surface area contributed by atoms with Gasteiger partial charge in [-0.1, -0.05) is 30.3 Å². The number of hydrogen-bond acceptors (Lipinski definition) is 1. The standard InChI is InChI=1S/C11H13NO/c1-9(13)8-11(12-2)10-6-4-3-5-7-10/h3-7,9,11,13H,8H2,1H3/t9-,11?/m1/s1. The van der Waals surface area contributed by atoms with E-state index in [-0.39, 0.29) is 6.04 Å². The Hall–Kier alpha value is -1.33. The minimum Gasteiger partial charge on any atom is -0.393 e. The summed E-state index contributed by atoms with van der Waals surface area (Å²) in [5.74, 6) is 0. The summed E-state index contributed by atoms with van der Waals surface area (Å²) in [6.45, 7) is 8.71. The molecule has 0 saturated heterocycles. The van der Waals surface area contributed by atoms with E-state index in [0.717, 1.165) is 5.56 Å². The van der Waals surface area contributed by atoms with Crippen LogP contribution in [0.3, 0.4) is 0 Å². The lowest BCUT2D eigenvalue weighted by Crippen LogP contribution is -2.05. The second-order valence-corrected chi connectivity index (χ2v) is 3.14. The molecule has 0 aliphatic heterocycles. The second kappa shape index (κ2) is 4.64. The maximum absolute atomic E-state index is 9.17. The van der Waals surface area contributed by atoms with Gasteiger partial charge in [0.15, 0.2) is 0 Å². The minimum absolute atomic E-state index is 0.207. The van der Waals surface area contributed by atoms with Crippen LogP contribution < -0.4 is 0 Å². The molecule has 0 heterocycles. The molecule has 0 aromatic heterocycles. The van der Waals surface area contributed by atoms with E-state index in [4.69, 9.17) is 6.57 Å². The molecule has 1 rings (SSSR count). The Bertz CT molecular complexity index is 287. The van der Waals surface area contributed by atoms with E-state index >= 15 is 0 Å². The maximum Gasteiger partial charge on any atom is 0.251 e. The Morgan fingerprint density at radius 3 is 2.46 bits per heavy atom. The number of benzene rings is 1. The van der Waals surface area contributed by atoms with Crippen LogP contribution in [0.25, 0.3) is 4.85 Å².